The van der Waals surface area contributed by atoms with Gasteiger partial charge in [0.15, 0.2) is 11.6 Å². The first-order valence-corrected chi connectivity index (χ1v) is 10.6. The molecule has 2 aromatic carbocycles. The number of rotatable bonds is 6. The number of hydrogen-bond donors (Lipinski definition) is 2. The van der Waals surface area contributed by atoms with E-state index in [0.29, 0.717) is 17.2 Å². The molecule has 0 unspecified atom stereocenters. The molecule has 0 aliphatic rings. The van der Waals surface area contributed by atoms with Crippen molar-refractivity contribution >= 4 is 17.5 Å². The van der Waals surface area contributed by atoms with E-state index in [1.807, 2.05) is 0 Å². The Morgan fingerprint density at radius 1 is 0.972 bits per heavy atom. The van der Waals surface area contributed by atoms with E-state index >= 15 is 4.39 Å². The molecule has 0 atom stereocenters. The van der Waals surface area contributed by atoms with E-state index in [-0.39, 0.29) is 22.9 Å². The Morgan fingerprint density at radius 2 is 1.75 bits per heavy atom. The summed E-state index contributed by atoms with van der Waals surface area (Å²) in [5, 5.41) is 5.17. The maximum Gasteiger partial charge on any atom is 0.416 e. The number of alkyl halides is 3. The highest BCUT2D eigenvalue weighted by Crippen LogP contribution is 2.35. The number of amides is 1. The van der Waals surface area contributed by atoms with Crippen molar-refractivity contribution in [2.45, 2.75) is 13.1 Å². The molecule has 184 valence electrons. The number of hydrogen-bond acceptors (Lipinski definition) is 6. The molecule has 0 radical (unpaired) electrons. The molecular weight excluding hydrogens is 478 g/mol. The van der Waals surface area contributed by atoms with Crippen LogP contribution in [0.3, 0.4) is 0 Å². The lowest BCUT2D eigenvalue weighted by Gasteiger charge is -2.15. The maximum atomic E-state index is 15.3. The van der Waals surface area contributed by atoms with Crippen LogP contribution >= 0.6 is 0 Å². The highest BCUT2D eigenvalue weighted by Gasteiger charge is 2.33. The lowest BCUT2D eigenvalue weighted by atomic mass is 10.1. The molecule has 7 nitrogen and oxygen atoms in total. The van der Waals surface area contributed by atoms with Crippen LogP contribution in [0.1, 0.15) is 21.5 Å². The molecule has 2 heterocycles. The summed E-state index contributed by atoms with van der Waals surface area (Å²) in [5.41, 5.74) is -0.670. The minimum absolute atomic E-state index is 0.0310. The second-order valence-corrected chi connectivity index (χ2v) is 7.52. The highest BCUT2D eigenvalue weighted by atomic mass is 19.4. The van der Waals surface area contributed by atoms with Gasteiger partial charge < -0.3 is 15.4 Å². The molecular formula is C25H19F4N5O2. The van der Waals surface area contributed by atoms with E-state index in [1.54, 1.807) is 25.2 Å². The number of halogens is 4. The largest absolute Gasteiger partial charge is 0.435 e. The number of nitrogens with zero attached hydrogens (tertiary/aromatic N) is 3. The number of carbonyl (C=O) groups excluding carboxylic acids is 1. The Kier molecular flexibility index (Phi) is 6.82. The molecule has 0 bridgehead atoms. The molecule has 0 saturated heterocycles. The molecule has 0 fully saturated rings. The molecule has 0 spiro atoms. The first-order chi connectivity index (χ1) is 17.2. The Bertz CT molecular complexity index is 1430. The normalized spacial score (nSPS) is 11.2. The zero-order valence-corrected chi connectivity index (χ0v) is 19.0. The molecule has 2 aromatic heterocycles. The second-order valence-electron chi connectivity index (χ2n) is 7.52. The Labute approximate surface area is 203 Å². The summed E-state index contributed by atoms with van der Waals surface area (Å²) < 4.78 is 60.6. The topological polar surface area (TPSA) is 89.0 Å². The Hall–Kier alpha value is -4.54. The number of anilines is 2. The highest BCUT2D eigenvalue weighted by molar-refractivity contribution is 6.05. The van der Waals surface area contributed by atoms with Crippen LogP contribution in [0.15, 0.2) is 67.0 Å². The minimum Gasteiger partial charge on any atom is -0.435 e. The van der Waals surface area contributed by atoms with Crippen molar-refractivity contribution in [1.29, 1.82) is 0 Å². The number of benzene rings is 2. The van der Waals surface area contributed by atoms with E-state index in [4.69, 9.17) is 4.74 Å². The SMILES string of the molecule is CNc1nccc(-c2cccnc2Oc2cccc(C(=O)Nc3cccc(C(F)(F)F)c3C)c2F)n1. The Morgan fingerprint density at radius 3 is 2.50 bits per heavy atom. The number of aromatic nitrogens is 3. The average Bonchev–Trinajstić information content (AvgIpc) is 2.86. The molecule has 4 aromatic rings. The third-order valence-electron chi connectivity index (χ3n) is 5.23. The standard InChI is InChI=1S/C25H19F4N5O2/c1-14-17(25(27,28)29)8-4-9-18(14)33-22(35)16-6-3-10-20(21(16)26)36-23-15(7-5-12-31-23)19-11-13-32-24(30-2)34-19/h3-13H,1-2H3,(H,33,35)(H,30,32,34). The lowest BCUT2D eigenvalue weighted by molar-refractivity contribution is -0.138. The van der Waals surface area contributed by atoms with Crippen molar-refractivity contribution in [3.05, 3.63) is 89.5 Å². The summed E-state index contributed by atoms with van der Waals surface area (Å²) in [4.78, 5) is 25.3. The fraction of sp³-hybridized carbons (Fsp3) is 0.120. The van der Waals surface area contributed by atoms with Gasteiger partial charge in [0.05, 0.1) is 22.4 Å². The van der Waals surface area contributed by atoms with Crippen LogP contribution in [-0.2, 0) is 6.18 Å². The van der Waals surface area contributed by atoms with E-state index in [9.17, 15) is 18.0 Å². The van der Waals surface area contributed by atoms with Crippen LogP contribution < -0.4 is 15.4 Å². The summed E-state index contributed by atoms with van der Waals surface area (Å²) in [6.45, 7) is 1.23. The lowest BCUT2D eigenvalue weighted by Crippen LogP contribution is -2.16. The molecule has 0 saturated carbocycles. The smallest absolute Gasteiger partial charge is 0.416 e. The van der Waals surface area contributed by atoms with Crippen LogP contribution in [0, 0.1) is 12.7 Å². The molecule has 2 N–H and O–H groups in total. The molecule has 1 amide bonds. The quantitative estimate of drug-likeness (QED) is 0.314. The summed E-state index contributed by atoms with van der Waals surface area (Å²) in [6, 6.07) is 12.2. The van der Waals surface area contributed by atoms with Crippen molar-refractivity contribution in [2.75, 3.05) is 17.7 Å². The monoisotopic (exact) mass is 497 g/mol. The van der Waals surface area contributed by atoms with Gasteiger partial charge in [-0.05, 0) is 55.0 Å². The maximum absolute atomic E-state index is 15.3. The van der Waals surface area contributed by atoms with Gasteiger partial charge in [-0.1, -0.05) is 12.1 Å². The van der Waals surface area contributed by atoms with Gasteiger partial charge in [0.2, 0.25) is 11.8 Å². The predicted molar refractivity (Wildman–Crippen MR) is 125 cm³/mol. The van der Waals surface area contributed by atoms with Crippen LogP contribution in [0.2, 0.25) is 0 Å². The van der Waals surface area contributed by atoms with Gasteiger partial charge in [0, 0.05) is 25.1 Å². The van der Waals surface area contributed by atoms with Crippen LogP contribution in [-0.4, -0.2) is 27.9 Å². The van der Waals surface area contributed by atoms with E-state index in [1.165, 1.54) is 43.6 Å². The van der Waals surface area contributed by atoms with Gasteiger partial charge in [-0.2, -0.15) is 13.2 Å². The van der Waals surface area contributed by atoms with Gasteiger partial charge in [-0.25, -0.2) is 19.3 Å². The van der Waals surface area contributed by atoms with Crippen LogP contribution in [0.25, 0.3) is 11.3 Å². The molecule has 11 heteroatoms. The number of ether oxygens (including phenoxy) is 1. The van der Waals surface area contributed by atoms with Crippen molar-refractivity contribution in [2.24, 2.45) is 0 Å². The minimum atomic E-state index is -4.60. The van der Waals surface area contributed by atoms with Gasteiger partial charge in [0.1, 0.15) is 0 Å². The van der Waals surface area contributed by atoms with Gasteiger partial charge in [0.25, 0.3) is 5.91 Å². The second kappa shape index (κ2) is 9.98. The summed E-state index contributed by atoms with van der Waals surface area (Å²) in [6.07, 6.45) is -1.61. The van der Waals surface area contributed by atoms with Crippen molar-refractivity contribution in [1.82, 2.24) is 15.0 Å². The van der Waals surface area contributed by atoms with E-state index in [0.717, 1.165) is 12.1 Å². The van der Waals surface area contributed by atoms with Crippen molar-refractivity contribution in [3.8, 4) is 22.9 Å². The van der Waals surface area contributed by atoms with Crippen LogP contribution in [0.4, 0.5) is 29.2 Å². The number of nitrogens with one attached hydrogen (secondary N) is 2. The Balaban J connectivity index is 1.63. The van der Waals surface area contributed by atoms with Crippen LogP contribution in [0.5, 0.6) is 11.6 Å². The summed E-state index contributed by atoms with van der Waals surface area (Å²) in [7, 11) is 1.66. The van der Waals surface area contributed by atoms with Gasteiger partial charge in [-0.15, -0.1) is 0 Å². The van der Waals surface area contributed by atoms with Crippen molar-refractivity contribution in [3.63, 3.8) is 0 Å². The number of pyridine rings is 1. The van der Waals surface area contributed by atoms with Gasteiger partial charge in [-0.3, -0.25) is 4.79 Å². The third kappa shape index (κ3) is 5.09. The zero-order valence-electron chi connectivity index (χ0n) is 19.0. The fourth-order valence-corrected chi connectivity index (χ4v) is 3.43. The summed E-state index contributed by atoms with van der Waals surface area (Å²) in [5.74, 6) is -1.85. The average molecular weight is 497 g/mol. The molecule has 0 aliphatic heterocycles. The first-order valence-electron chi connectivity index (χ1n) is 10.6. The van der Waals surface area contributed by atoms with E-state index < -0.39 is 29.0 Å². The molecule has 36 heavy (non-hydrogen) atoms. The van der Waals surface area contributed by atoms with E-state index in [2.05, 4.69) is 25.6 Å². The van der Waals surface area contributed by atoms with Gasteiger partial charge >= 0.3 is 6.18 Å². The fourth-order valence-electron chi connectivity index (χ4n) is 3.43. The third-order valence-corrected chi connectivity index (χ3v) is 5.23. The first kappa shape index (κ1) is 24.6. The summed E-state index contributed by atoms with van der Waals surface area (Å²) >= 11 is 0. The van der Waals surface area contributed by atoms with Crippen molar-refractivity contribution < 1.29 is 27.1 Å². The molecule has 4 rings (SSSR count). The predicted octanol–water partition coefficient (Wildman–Crippen LogP) is 6.09. The molecule has 0 aliphatic carbocycles. The zero-order chi connectivity index (χ0) is 25.9. The number of carbonyl (C=O) groups is 1.